The van der Waals surface area contributed by atoms with Gasteiger partial charge in [-0.15, -0.1) is 11.3 Å². The van der Waals surface area contributed by atoms with Crippen LogP contribution in [0.1, 0.15) is 21.5 Å². The minimum atomic E-state index is -1.08. The molecule has 0 aliphatic rings. The van der Waals surface area contributed by atoms with Gasteiger partial charge in [-0.05, 0) is 66.3 Å². The molecule has 0 unspecified atom stereocenters. The van der Waals surface area contributed by atoms with Crippen molar-refractivity contribution < 1.29 is 15.0 Å². The number of benzene rings is 3. The Hall–Kier alpha value is -3.64. The van der Waals surface area contributed by atoms with E-state index < -0.39 is 5.97 Å². The number of aromatic amines is 1. The molecule has 0 spiro atoms. The molecule has 0 radical (unpaired) electrons. The van der Waals surface area contributed by atoms with E-state index in [2.05, 4.69) is 43.1 Å². The van der Waals surface area contributed by atoms with Crippen molar-refractivity contribution in [1.82, 2.24) is 9.97 Å². The van der Waals surface area contributed by atoms with Gasteiger partial charge in [0.1, 0.15) is 17.1 Å². The molecule has 0 saturated carbocycles. The van der Waals surface area contributed by atoms with Gasteiger partial charge in [-0.25, -0.2) is 9.78 Å². The van der Waals surface area contributed by atoms with Crippen LogP contribution in [-0.4, -0.2) is 26.2 Å². The third-order valence-electron chi connectivity index (χ3n) is 5.42. The highest BCUT2D eigenvalue weighted by Gasteiger charge is 2.15. The molecule has 0 atom stereocenters. The lowest BCUT2D eigenvalue weighted by atomic mass is 10.0. The number of carbonyl (C=O) groups is 1. The average molecular weight is 414 g/mol. The molecule has 2 aromatic heterocycles. The fourth-order valence-electron chi connectivity index (χ4n) is 3.66. The summed E-state index contributed by atoms with van der Waals surface area (Å²) in [5, 5.41) is 20.9. The van der Waals surface area contributed by atoms with Gasteiger partial charge >= 0.3 is 5.97 Å². The number of imidazole rings is 1. The Kier molecular flexibility index (Phi) is 4.11. The second kappa shape index (κ2) is 6.71. The number of aromatic carboxylic acids is 1. The molecule has 148 valence electrons. The van der Waals surface area contributed by atoms with E-state index in [-0.39, 0.29) is 11.3 Å². The predicted molar refractivity (Wildman–Crippen MR) is 120 cm³/mol. The van der Waals surface area contributed by atoms with Crippen molar-refractivity contribution >= 4 is 39.1 Å². The molecule has 3 N–H and O–H groups in total. The lowest BCUT2D eigenvalue weighted by Crippen LogP contribution is -1.95. The number of thiophene rings is 1. The van der Waals surface area contributed by atoms with Crippen molar-refractivity contribution in [2.24, 2.45) is 0 Å². The first-order valence-electron chi connectivity index (χ1n) is 9.47. The van der Waals surface area contributed by atoms with Crippen molar-refractivity contribution in [2.45, 2.75) is 13.8 Å². The molecule has 0 fully saturated rings. The normalized spacial score (nSPS) is 11.4. The van der Waals surface area contributed by atoms with Crippen LogP contribution in [0.5, 0.6) is 5.75 Å². The average Bonchev–Trinajstić information content (AvgIpc) is 3.36. The van der Waals surface area contributed by atoms with Gasteiger partial charge < -0.3 is 15.2 Å². The lowest BCUT2D eigenvalue weighted by molar-refractivity contribution is 0.0696. The zero-order valence-electron chi connectivity index (χ0n) is 16.4. The SMILES string of the molecule is Cc1ccc(-c2ccc(-c3nc4c(ccc5cc(C(=O)O)cc(O)c54)[nH]3)s2)cc1C. The minimum Gasteiger partial charge on any atom is -0.507 e. The number of phenols is 1. The van der Waals surface area contributed by atoms with Crippen molar-refractivity contribution in [1.29, 1.82) is 0 Å². The fourth-order valence-corrected chi connectivity index (χ4v) is 4.61. The molecule has 0 saturated heterocycles. The summed E-state index contributed by atoms with van der Waals surface area (Å²) in [6.45, 7) is 4.21. The van der Waals surface area contributed by atoms with Crippen LogP contribution in [0.25, 0.3) is 42.9 Å². The second-order valence-corrected chi connectivity index (χ2v) is 8.49. The number of hydrogen-bond acceptors (Lipinski definition) is 4. The van der Waals surface area contributed by atoms with E-state index in [1.807, 2.05) is 12.1 Å². The van der Waals surface area contributed by atoms with E-state index in [1.165, 1.54) is 22.8 Å². The van der Waals surface area contributed by atoms with Gasteiger partial charge in [0.15, 0.2) is 0 Å². The van der Waals surface area contributed by atoms with Crippen LogP contribution in [0.3, 0.4) is 0 Å². The number of hydrogen-bond donors (Lipinski definition) is 3. The number of aromatic nitrogens is 2. The number of aryl methyl sites for hydroxylation is 2. The van der Waals surface area contributed by atoms with E-state index >= 15 is 0 Å². The fraction of sp³-hybridized carbons (Fsp3) is 0.0833. The summed E-state index contributed by atoms with van der Waals surface area (Å²) in [6, 6.07) is 17.0. The van der Waals surface area contributed by atoms with E-state index in [4.69, 9.17) is 4.98 Å². The molecule has 0 amide bonds. The summed E-state index contributed by atoms with van der Waals surface area (Å²) in [5.74, 6) is -0.442. The third kappa shape index (κ3) is 2.93. The van der Waals surface area contributed by atoms with Gasteiger partial charge in [0.25, 0.3) is 0 Å². The number of carboxylic acids is 1. The van der Waals surface area contributed by atoms with Gasteiger partial charge in [0.05, 0.1) is 21.3 Å². The van der Waals surface area contributed by atoms with Gasteiger partial charge in [-0.1, -0.05) is 24.3 Å². The molecule has 0 bridgehead atoms. The minimum absolute atomic E-state index is 0.0476. The Balaban J connectivity index is 1.62. The zero-order valence-corrected chi connectivity index (χ0v) is 17.2. The number of nitrogens with zero attached hydrogens (tertiary/aromatic N) is 1. The smallest absolute Gasteiger partial charge is 0.335 e. The topological polar surface area (TPSA) is 86.2 Å². The highest BCUT2D eigenvalue weighted by molar-refractivity contribution is 7.18. The maximum atomic E-state index is 11.3. The van der Waals surface area contributed by atoms with Crippen molar-refractivity contribution in [3.8, 4) is 26.9 Å². The number of carboxylic acid groups (broad SMARTS) is 1. The van der Waals surface area contributed by atoms with Crippen molar-refractivity contribution in [2.75, 3.05) is 0 Å². The van der Waals surface area contributed by atoms with Crippen LogP contribution in [-0.2, 0) is 0 Å². The summed E-state index contributed by atoms with van der Waals surface area (Å²) >= 11 is 1.65. The van der Waals surface area contributed by atoms with Crippen LogP contribution in [0, 0.1) is 13.8 Å². The molecule has 5 aromatic rings. The summed E-state index contributed by atoms with van der Waals surface area (Å²) in [5.41, 5.74) is 5.16. The molecule has 6 heteroatoms. The van der Waals surface area contributed by atoms with E-state index in [0.29, 0.717) is 16.3 Å². The third-order valence-corrected chi connectivity index (χ3v) is 6.57. The van der Waals surface area contributed by atoms with Crippen LogP contribution in [0.2, 0.25) is 0 Å². The van der Waals surface area contributed by atoms with Crippen LogP contribution in [0.15, 0.2) is 54.6 Å². The second-order valence-electron chi connectivity index (χ2n) is 7.41. The summed E-state index contributed by atoms with van der Waals surface area (Å²) < 4.78 is 0. The van der Waals surface area contributed by atoms with Crippen LogP contribution < -0.4 is 0 Å². The number of phenolic OH excluding ortho intramolecular Hbond substituents is 1. The monoisotopic (exact) mass is 414 g/mol. The summed E-state index contributed by atoms with van der Waals surface area (Å²) in [6.07, 6.45) is 0. The summed E-state index contributed by atoms with van der Waals surface area (Å²) in [4.78, 5) is 21.5. The number of rotatable bonds is 3. The maximum Gasteiger partial charge on any atom is 0.335 e. The Bertz CT molecular complexity index is 1460. The molecule has 5 rings (SSSR count). The number of fused-ring (bicyclic) bond motifs is 3. The lowest BCUT2D eigenvalue weighted by Gasteiger charge is -2.04. The number of aromatic hydroxyl groups is 1. The first-order chi connectivity index (χ1) is 14.4. The van der Waals surface area contributed by atoms with E-state index in [0.717, 1.165) is 21.1 Å². The molecular weight excluding hydrogens is 396 g/mol. The molecule has 0 aliphatic heterocycles. The highest BCUT2D eigenvalue weighted by atomic mass is 32.1. The Morgan fingerprint density at radius 1 is 0.967 bits per heavy atom. The quantitative estimate of drug-likeness (QED) is 0.331. The summed E-state index contributed by atoms with van der Waals surface area (Å²) in [7, 11) is 0. The van der Waals surface area contributed by atoms with E-state index in [9.17, 15) is 15.0 Å². The molecule has 2 heterocycles. The first kappa shape index (κ1) is 18.4. The van der Waals surface area contributed by atoms with Gasteiger partial charge in [-0.2, -0.15) is 0 Å². The molecule has 3 aromatic carbocycles. The largest absolute Gasteiger partial charge is 0.507 e. The van der Waals surface area contributed by atoms with Crippen LogP contribution >= 0.6 is 11.3 Å². The van der Waals surface area contributed by atoms with Crippen molar-refractivity contribution in [3.63, 3.8) is 0 Å². The van der Waals surface area contributed by atoms with E-state index in [1.54, 1.807) is 23.5 Å². The van der Waals surface area contributed by atoms with Gasteiger partial charge in [0, 0.05) is 4.88 Å². The molecule has 30 heavy (non-hydrogen) atoms. The molecule has 5 nitrogen and oxygen atoms in total. The Morgan fingerprint density at radius 2 is 1.77 bits per heavy atom. The Labute approximate surface area is 176 Å². The molecule has 0 aliphatic carbocycles. The number of nitrogens with one attached hydrogen (secondary N) is 1. The highest BCUT2D eigenvalue weighted by Crippen LogP contribution is 2.37. The molecular formula is C24H18N2O3S. The van der Waals surface area contributed by atoms with Crippen molar-refractivity contribution in [3.05, 3.63) is 71.3 Å². The zero-order chi connectivity index (χ0) is 21.0. The van der Waals surface area contributed by atoms with Crippen LogP contribution in [0.4, 0.5) is 0 Å². The Morgan fingerprint density at radius 3 is 2.53 bits per heavy atom. The first-order valence-corrected chi connectivity index (χ1v) is 10.3. The number of H-pyrrole nitrogens is 1. The standard InChI is InChI=1S/C24H18N2O3S/c1-12-3-4-14(9-13(12)2)19-7-8-20(30-19)23-25-17-6-5-15-10-16(24(28)29)11-18(27)21(15)22(17)26-23/h3-11,27H,1-2H3,(H,25,26)(H,28,29). The van der Waals surface area contributed by atoms with Gasteiger partial charge in [0.2, 0.25) is 0 Å². The maximum absolute atomic E-state index is 11.3. The predicted octanol–water partition coefficient (Wildman–Crippen LogP) is 6.13. The van der Waals surface area contributed by atoms with Gasteiger partial charge in [-0.3, -0.25) is 0 Å².